The van der Waals surface area contributed by atoms with Crippen LogP contribution in [0.4, 0.5) is 4.79 Å². The molecule has 0 aliphatic heterocycles. The normalized spacial score (nSPS) is 8.83. The van der Waals surface area contributed by atoms with Crippen molar-refractivity contribution in [2.24, 2.45) is 0 Å². The fourth-order valence-electron chi connectivity index (χ4n) is 0.343. The zero-order chi connectivity index (χ0) is 9.40. The van der Waals surface area contributed by atoms with Crippen molar-refractivity contribution in [2.45, 2.75) is 6.92 Å². The van der Waals surface area contributed by atoms with E-state index in [4.69, 9.17) is 22.1 Å². The molecule has 3 N–H and O–H groups in total. The maximum atomic E-state index is 10.6. The van der Waals surface area contributed by atoms with Crippen LogP contribution in [0.25, 0.3) is 0 Å². The minimum Gasteiger partial charge on any atom is -0.478 e. The lowest BCUT2D eigenvalue weighted by Gasteiger charge is -2.05. The van der Waals surface area contributed by atoms with E-state index in [1.165, 1.54) is 0 Å². The number of rotatable bonds is 2. The van der Waals surface area contributed by atoms with E-state index in [0.717, 1.165) is 11.9 Å². The van der Waals surface area contributed by atoms with E-state index < -0.39 is 12.8 Å². The smallest absolute Gasteiger partial charge is 0.326 e. The first-order chi connectivity index (χ1) is 5.70. The van der Waals surface area contributed by atoms with Crippen molar-refractivity contribution >= 4 is 34.6 Å². The van der Waals surface area contributed by atoms with Gasteiger partial charge >= 0.3 is 6.03 Å². The van der Waals surface area contributed by atoms with Crippen molar-refractivity contribution in [3.05, 3.63) is 0 Å². The number of aliphatic hydroxyl groups excluding tert-OH is 1. The maximum Gasteiger partial charge on any atom is 0.326 e. The van der Waals surface area contributed by atoms with Gasteiger partial charge < -0.3 is 15.2 Å². The van der Waals surface area contributed by atoms with Crippen molar-refractivity contribution in [2.75, 3.05) is 13.3 Å². The Morgan fingerprint density at radius 3 is 2.92 bits per heavy atom. The molecule has 0 bridgehead atoms. The van der Waals surface area contributed by atoms with Gasteiger partial charge in [-0.15, -0.1) is 0 Å². The first-order valence-corrected chi connectivity index (χ1v) is 4.41. The van der Waals surface area contributed by atoms with Crippen LogP contribution in [0.15, 0.2) is 0 Å². The lowest BCUT2D eigenvalue weighted by Crippen LogP contribution is -2.32. The highest BCUT2D eigenvalue weighted by Gasteiger charge is 2.01. The van der Waals surface area contributed by atoms with Crippen molar-refractivity contribution in [3.63, 3.8) is 0 Å². The Kier molecular flexibility index (Phi) is 6.82. The second-order valence-electron chi connectivity index (χ2n) is 1.55. The van der Waals surface area contributed by atoms with Crippen LogP contribution in [0.2, 0.25) is 0 Å². The number of aliphatic hydroxyl groups is 1. The van der Waals surface area contributed by atoms with Gasteiger partial charge in [0.05, 0.1) is 6.61 Å². The molecule has 7 heteroatoms. The van der Waals surface area contributed by atoms with Gasteiger partial charge in [0.2, 0.25) is 4.38 Å². The molecule has 0 radical (unpaired) electrons. The molecular formula is C5H10N2O3S2. The Hall–Kier alpha value is -0.530. The Morgan fingerprint density at radius 1 is 1.75 bits per heavy atom. The van der Waals surface area contributed by atoms with Crippen molar-refractivity contribution < 1.29 is 14.6 Å². The minimum atomic E-state index is -0.510. The predicted octanol–water partition coefficient (Wildman–Crippen LogP) is 0.205. The number of ether oxygens (including phenoxy) is 1. The summed E-state index contributed by atoms with van der Waals surface area (Å²) < 4.78 is 7.41. The van der Waals surface area contributed by atoms with Crippen LogP contribution in [0, 0.1) is 0 Å². The summed E-state index contributed by atoms with van der Waals surface area (Å²) in [6.45, 7) is 1.85. The van der Waals surface area contributed by atoms with Crippen molar-refractivity contribution in [3.8, 4) is 0 Å². The number of hydrogen-bond acceptors (Lipinski definition) is 5. The molecule has 70 valence electrons. The molecule has 0 rings (SSSR count). The van der Waals surface area contributed by atoms with E-state index in [0.29, 0.717) is 6.61 Å². The van der Waals surface area contributed by atoms with Gasteiger partial charge in [-0.25, -0.2) is 4.79 Å². The summed E-state index contributed by atoms with van der Waals surface area (Å²) in [4.78, 5) is 10.6. The van der Waals surface area contributed by atoms with Crippen LogP contribution < -0.4 is 10.0 Å². The summed E-state index contributed by atoms with van der Waals surface area (Å²) in [5.41, 5.74) is 0. The second kappa shape index (κ2) is 7.14. The van der Waals surface area contributed by atoms with Gasteiger partial charge in [-0.05, 0) is 19.1 Å². The van der Waals surface area contributed by atoms with Gasteiger partial charge in [-0.1, -0.05) is 0 Å². The summed E-state index contributed by atoms with van der Waals surface area (Å²) in [7, 11) is 0. The highest BCUT2D eigenvalue weighted by atomic mass is 32.2. The van der Waals surface area contributed by atoms with Crippen LogP contribution in [0.5, 0.6) is 0 Å². The molecule has 0 fully saturated rings. The van der Waals surface area contributed by atoms with Crippen LogP contribution in [-0.2, 0) is 4.74 Å². The molecule has 0 atom stereocenters. The van der Waals surface area contributed by atoms with E-state index >= 15 is 0 Å². The fraction of sp³-hybridized carbons (Fsp3) is 0.600. The molecule has 0 unspecified atom stereocenters. The van der Waals surface area contributed by atoms with Crippen LogP contribution >= 0.6 is 24.2 Å². The molecule has 0 aromatic carbocycles. The Morgan fingerprint density at radius 2 is 2.42 bits per heavy atom. The fourth-order valence-corrected chi connectivity index (χ4v) is 1.01. The molecule has 2 amide bonds. The highest BCUT2D eigenvalue weighted by Crippen LogP contribution is 1.99. The second-order valence-corrected chi connectivity index (χ2v) is 2.96. The zero-order valence-corrected chi connectivity index (χ0v) is 8.13. The van der Waals surface area contributed by atoms with E-state index in [9.17, 15) is 4.79 Å². The molecule has 0 spiro atoms. The molecule has 0 aromatic heterocycles. The molecule has 5 nitrogen and oxygen atoms in total. The van der Waals surface area contributed by atoms with Gasteiger partial charge in [-0.2, -0.15) is 0 Å². The Labute approximate surface area is 80.0 Å². The number of urea groups is 1. The Balaban J connectivity index is 3.40. The molecular weight excluding hydrogens is 200 g/mol. The largest absolute Gasteiger partial charge is 0.478 e. The van der Waals surface area contributed by atoms with Crippen molar-refractivity contribution in [1.82, 2.24) is 10.0 Å². The number of hydrogen-bond donors (Lipinski definition) is 3. The summed E-state index contributed by atoms with van der Waals surface area (Å²) in [5, 5.41) is 10.4. The van der Waals surface area contributed by atoms with E-state index in [1.54, 1.807) is 6.92 Å². The van der Waals surface area contributed by atoms with Gasteiger partial charge in [-0.3, -0.25) is 4.72 Å². The number of nitrogens with one attached hydrogen (secondary N) is 2. The summed E-state index contributed by atoms with van der Waals surface area (Å²) in [6.07, 6.45) is 0. The molecule has 0 aromatic rings. The van der Waals surface area contributed by atoms with Gasteiger partial charge in [0.25, 0.3) is 0 Å². The van der Waals surface area contributed by atoms with E-state index in [1.807, 2.05) is 0 Å². The number of carbonyl (C=O) groups excluding carboxylic acids is 1. The number of amides is 2. The molecule has 0 saturated heterocycles. The number of thiocarbonyl (C=S) groups is 1. The van der Waals surface area contributed by atoms with Gasteiger partial charge in [0, 0.05) is 11.9 Å². The summed E-state index contributed by atoms with van der Waals surface area (Å²) >= 11 is 5.58. The summed E-state index contributed by atoms with van der Waals surface area (Å²) in [6, 6.07) is -0.510. The molecule has 0 saturated carbocycles. The van der Waals surface area contributed by atoms with Crippen molar-refractivity contribution in [1.29, 1.82) is 0 Å². The lowest BCUT2D eigenvalue weighted by molar-refractivity contribution is 0.223. The molecule has 12 heavy (non-hydrogen) atoms. The Bertz CT molecular complexity index is 147. The lowest BCUT2D eigenvalue weighted by atomic mass is 10.9. The van der Waals surface area contributed by atoms with Gasteiger partial charge in [0.1, 0.15) is 6.73 Å². The maximum absolute atomic E-state index is 10.6. The third kappa shape index (κ3) is 6.20. The van der Waals surface area contributed by atoms with Crippen LogP contribution in [0.3, 0.4) is 0 Å². The van der Waals surface area contributed by atoms with E-state index in [-0.39, 0.29) is 4.38 Å². The predicted molar refractivity (Wildman–Crippen MR) is 50.6 cm³/mol. The average Bonchev–Trinajstić information content (AvgIpc) is 2.02. The van der Waals surface area contributed by atoms with E-state index in [2.05, 4.69) is 10.0 Å². The first kappa shape index (κ1) is 11.5. The number of carbonyl (C=O) groups is 1. The highest BCUT2D eigenvalue weighted by molar-refractivity contribution is 8.21. The SMILES string of the molecule is CCOC(=S)SNC(=O)NCO. The van der Waals surface area contributed by atoms with Crippen LogP contribution in [-0.4, -0.2) is 28.9 Å². The molecule has 0 aliphatic rings. The quantitative estimate of drug-likeness (QED) is 0.345. The third-order valence-electron chi connectivity index (χ3n) is 0.729. The third-order valence-corrected chi connectivity index (χ3v) is 1.67. The first-order valence-electron chi connectivity index (χ1n) is 3.19. The summed E-state index contributed by atoms with van der Waals surface area (Å²) in [5.74, 6) is 0. The van der Waals surface area contributed by atoms with Crippen LogP contribution in [0.1, 0.15) is 6.92 Å². The van der Waals surface area contributed by atoms with Gasteiger partial charge in [0.15, 0.2) is 0 Å². The minimum absolute atomic E-state index is 0.241. The standard InChI is InChI=1S/C5H10N2O3S2/c1-2-10-5(11)12-7-4(9)6-3-8/h8H,2-3H2,1H3,(H2,6,7,9). The molecule has 0 aliphatic carbocycles. The molecule has 0 heterocycles. The topological polar surface area (TPSA) is 70.6 Å². The zero-order valence-electron chi connectivity index (χ0n) is 6.49. The average molecular weight is 210 g/mol. The monoisotopic (exact) mass is 210 g/mol.